The number of nitrogens with one attached hydrogen (secondary N) is 2. The molecule has 2 fully saturated rings. The minimum absolute atomic E-state index is 0.103. The van der Waals surface area contributed by atoms with Crippen molar-refractivity contribution >= 4 is 17.4 Å². The van der Waals surface area contributed by atoms with Gasteiger partial charge < -0.3 is 15.4 Å². The summed E-state index contributed by atoms with van der Waals surface area (Å²) < 4.78 is 5.84. The smallest absolute Gasteiger partial charge is 0.314 e. The molecular formula is C16H25N3O2S. The van der Waals surface area contributed by atoms with Crippen molar-refractivity contribution in [2.24, 2.45) is 0 Å². The molecule has 2 aliphatic rings. The molecule has 1 aromatic rings. The van der Waals surface area contributed by atoms with Crippen LogP contribution >= 0.6 is 11.3 Å². The van der Waals surface area contributed by atoms with Crippen molar-refractivity contribution in [2.75, 3.05) is 32.8 Å². The minimum Gasteiger partial charge on any atom is -0.373 e. The summed E-state index contributed by atoms with van der Waals surface area (Å²) in [6, 6.07) is 2.61. The third-order valence-electron chi connectivity index (χ3n) is 4.63. The van der Waals surface area contributed by atoms with Crippen molar-refractivity contribution < 1.29 is 9.53 Å². The van der Waals surface area contributed by atoms with Gasteiger partial charge in [-0.25, -0.2) is 4.79 Å². The fraction of sp³-hybridized carbons (Fsp3) is 0.688. The summed E-state index contributed by atoms with van der Waals surface area (Å²) in [5.74, 6) is 0.341. The molecule has 2 N–H and O–H groups in total. The summed E-state index contributed by atoms with van der Waals surface area (Å²) in [6.45, 7) is 6.29. The lowest BCUT2D eigenvalue weighted by atomic mass is 10.1. The van der Waals surface area contributed by atoms with E-state index in [-0.39, 0.29) is 12.1 Å². The van der Waals surface area contributed by atoms with Crippen LogP contribution in [0.15, 0.2) is 16.8 Å². The minimum atomic E-state index is -0.103. The molecule has 0 saturated carbocycles. The van der Waals surface area contributed by atoms with Crippen LogP contribution < -0.4 is 10.6 Å². The zero-order valence-corrected chi connectivity index (χ0v) is 13.9. The van der Waals surface area contributed by atoms with Crippen molar-refractivity contribution in [3.05, 3.63) is 22.4 Å². The van der Waals surface area contributed by atoms with Crippen molar-refractivity contribution in [3.8, 4) is 0 Å². The molecule has 5 nitrogen and oxygen atoms in total. The first-order valence-corrected chi connectivity index (χ1v) is 9.06. The summed E-state index contributed by atoms with van der Waals surface area (Å²) in [7, 11) is 0. The fourth-order valence-corrected chi connectivity index (χ4v) is 3.98. The molecule has 2 aliphatic heterocycles. The molecule has 2 amide bonds. The Bertz CT molecular complexity index is 480. The molecular weight excluding hydrogens is 298 g/mol. The van der Waals surface area contributed by atoms with Gasteiger partial charge in [0.25, 0.3) is 0 Å². The molecule has 0 bridgehead atoms. The number of thiophene rings is 1. The number of morpholine rings is 1. The number of rotatable bonds is 5. The number of fused-ring (bicyclic) bond motifs is 1. The molecule has 122 valence electrons. The van der Waals surface area contributed by atoms with Gasteiger partial charge in [0.05, 0.1) is 12.7 Å². The zero-order valence-electron chi connectivity index (χ0n) is 13.1. The van der Waals surface area contributed by atoms with Gasteiger partial charge in [-0.15, -0.1) is 0 Å². The Hall–Kier alpha value is -1.11. The highest BCUT2D eigenvalue weighted by molar-refractivity contribution is 7.07. The maximum Gasteiger partial charge on any atom is 0.314 e. The molecule has 6 heteroatoms. The van der Waals surface area contributed by atoms with Gasteiger partial charge in [-0.05, 0) is 47.7 Å². The molecule has 0 aromatic carbocycles. The number of carbonyl (C=O) groups is 1. The monoisotopic (exact) mass is 323 g/mol. The SMILES string of the molecule is C[C@H](CNC(=O)NC[C@H]1CN2CCC[C@H]2CO1)c1ccsc1. The van der Waals surface area contributed by atoms with Crippen molar-refractivity contribution in [2.45, 2.75) is 37.8 Å². The van der Waals surface area contributed by atoms with Gasteiger partial charge in [-0.1, -0.05) is 6.92 Å². The van der Waals surface area contributed by atoms with Crippen LogP contribution in [0.5, 0.6) is 0 Å². The van der Waals surface area contributed by atoms with E-state index in [1.54, 1.807) is 11.3 Å². The van der Waals surface area contributed by atoms with Gasteiger partial charge in [0.1, 0.15) is 0 Å². The van der Waals surface area contributed by atoms with Crippen LogP contribution in [0.1, 0.15) is 31.2 Å². The summed E-state index contributed by atoms with van der Waals surface area (Å²) in [5.41, 5.74) is 1.28. The fourth-order valence-electron chi connectivity index (χ4n) is 3.20. The second kappa shape index (κ2) is 7.44. The third-order valence-corrected chi connectivity index (χ3v) is 5.33. The van der Waals surface area contributed by atoms with E-state index in [9.17, 15) is 4.79 Å². The Balaban J connectivity index is 1.34. The average Bonchev–Trinajstić information content (AvgIpc) is 3.20. The number of urea groups is 1. The average molecular weight is 323 g/mol. The highest BCUT2D eigenvalue weighted by Crippen LogP contribution is 2.22. The Morgan fingerprint density at radius 1 is 1.55 bits per heavy atom. The highest BCUT2D eigenvalue weighted by Gasteiger charge is 2.32. The number of nitrogens with zero attached hydrogens (tertiary/aromatic N) is 1. The lowest BCUT2D eigenvalue weighted by Crippen LogP contribution is -2.51. The molecule has 1 aromatic heterocycles. The van der Waals surface area contributed by atoms with Crippen molar-refractivity contribution in [3.63, 3.8) is 0 Å². The van der Waals surface area contributed by atoms with E-state index in [1.807, 2.05) is 0 Å². The van der Waals surface area contributed by atoms with Crippen LogP contribution in [-0.4, -0.2) is 55.9 Å². The van der Waals surface area contributed by atoms with Gasteiger partial charge in [0.2, 0.25) is 0 Å². The largest absolute Gasteiger partial charge is 0.373 e. The second-order valence-corrected chi connectivity index (χ2v) is 7.08. The molecule has 3 rings (SSSR count). The molecule has 22 heavy (non-hydrogen) atoms. The van der Waals surface area contributed by atoms with Crippen LogP contribution in [0.2, 0.25) is 0 Å². The summed E-state index contributed by atoms with van der Waals surface area (Å²) in [4.78, 5) is 14.4. The van der Waals surface area contributed by atoms with E-state index in [0.29, 0.717) is 25.0 Å². The maximum absolute atomic E-state index is 11.9. The molecule has 0 spiro atoms. The van der Waals surface area contributed by atoms with Gasteiger partial charge in [0.15, 0.2) is 0 Å². The molecule has 3 atom stereocenters. The Kier molecular flexibility index (Phi) is 5.33. The first-order valence-electron chi connectivity index (χ1n) is 8.12. The van der Waals surface area contributed by atoms with Gasteiger partial charge >= 0.3 is 6.03 Å². The lowest BCUT2D eigenvalue weighted by Gasteiger charge is -2.35. The van der Waals surface area contributed by atoms with Crippen LogP contribution in [0, 0.1) is 0 Å². The van der Waals surface area contributed by atoms with E-state index in [1.165, 1.54) is 24.9 Å². The number of hydrogen-bond donors (Lipinski definition) is 2. The zero-order chi connectivity index (χ0) is 15.4. The Morgan fingerprint density at radius 2 is 2.45 bits per heavy atom. The number of carbonyl (C=O) groups excluding carboxylic acids is 1. The van der Waals surface area contributed by atoms with E-state index in [4.69, 9.17) is 4.74 Å². The van der Waals surface area contributed by atoms with E-state index in [0.717, 1.165) is 13.2 Å². The standard InChI is InChI=1S/C16H25N3O2S/c1-12(13-4-6-22-11-13)7-17-16(20)18-8-15-9-19-5-2-3-14(19)10-21-15/h4,6,11-12,14-15H,2-3,5,7-10H2,1H3,(H2,17,18,20)/t12-,14+,15+/m1/s1. The third kappa shape index (κ3) is 4.00. The number of hydrogen-bond acceptors (Lipinski definition) is 4. The molecule has 0 unspecified atom stereocenters. The normalized spacial score (nSPS) is 26.4. The van der Waals surface area contributed by atoms with Crippen LogP contribution in [-0.2, 0) is 4.74 Å². The van der Waals surface area contributed by atoms with E-state index < -0.39 is 0 Å². The molecule has 0 aliphatic carbocycles. The summed E-state index contributed by atoms with van der Waals surface area (Å²) in [5, 5.41) is 10.1. The number of ether oxygens (including phenoxy) is 1. The van der Waals surface area contributed by atoms with Crippen molar-refractivity contribution in [1.82, 2.24) is 15.5 Å². The summed E-state index contributed by atoms with van der Waals surface area (Å²) >= 11 is 1.69. The first-order chi connectivity index (χ1) is 10.7. The van der Waals surface area contributed by atoms with Crippen LogP contribution in [0.25, 0.3) is 0 Å². The lowest BCUT2D eigenvalue weighted by molar-refractivity contribution is -0.0457. The van der Waals surface area contributed by atoms with Gasteiger partial charge in [-0.2, -0.15) is 11.3 Å². The predicted octanol–water partition coefficient (Wildman–Crippen LogP) is 2.01. The highest BCUT2D eigenvalue weighted by atomic mass is 32.1. The van der Waals surface area contributed by atoms with Crippen LogP contribution in [0.3, 0.4) is 0 Å². The molecule has 0 radical (unpaired) electrons. The topological polar surface area (TPSA) is 53.6 Å². The van der Waals surface area contributed by atoms with Crippen LogP contribution in [0.4, 0.5) is 4.79 Å². The van der Waals surface area contributed by atoms with Crippen molar-refractivity contribution in [1.29, 1.82) is 0 Å². The van der Waals surface area contributed by atoms with Gasteiger partial charge in [-0.3, -0.25) is 4.90 Å². The summed E-state index contributed by atoms with van der Waals surface area (Å²) in [6.07, 6.45) is 2.64. The Labute approximate surface area is 136 Å². The predicted molar refractivity (Wildman–Crippen MR) is 88.5 cm³/mol. The van der Waals surface area contributed by atoms with E-state index in [2.05, 4.69) is 39.3 Å². The van der Waals surface area contributed by atoms with E-state index >= 15 is 0 Å². The molecule has 2 saturated heterocycles. The first kappa shape index (κ1) is 15.8. The van der Waals surface area contributed by atoms with Gasteiger partial charge in [0, 0.05) is 25.7 Å². The second-order valence-electron chi connectivity index (χ2n) is 6.29. The molecule has 3 heterocycles. The Morgan fingerprint density at radius 3 is 3.27 bits per heavy atom. The quantitative estimate of drug-likeness (QED) is 0.871. The maximum atomic E-state index is 11.9. The number of amides is 2.